The molecular formula is C18H20FN3O2. The van der Waals surface area contributed by atoms with Crippen LogP contribution in [-0.4, -0.2) is 24.0 Å². The molecule has 0 saturated heterocycles. The van der Waals surface area contributed by atoms with Crippen LogP contribution in [0.4, 0.5) is 15.8 Å². The van der Waals surface area contributed by atoms with Gasteiger partial charge < -0.3 is 15.4 Å². The van der Waals surface area contributed by atoms with E-state index in [9.17, 15) is 9.18 Å². The molecular weight excluding hydrogens is 309 g/mol. The predicted octanol–water partition coefficient (Wildman–Crippen LogP) is 3.70. The lowest BCUT2D eigenvalue weighted by Crippen LogP contribution is -2.14. The van der Waals surface area contributed by atoms with E-state index in [0.717, 1.165) is 5.56 Å². The quantitative estimate of drug-likeness (QED) is 0.793. The van der Waals surface area contributed by atoms with Gasteiger partial charge in [0.1, 0.15) is 11.6 Å². The van der Waals surface area contributed by atoms with Crippen LogP contribution in [0.3, 0.4) is 0 Å². The third-order valence-electron chi connectivity index (χ3n) is 3.08. The molecule has 2 aromatic rings. The number of methoxy groups -OCH3 is 1. The number of hydrogen-bond acceptors (Lipinski definition) is 4. The highest BCUT2D eigenvalue weighted by atomic mass is 19.1. The SMILES string of the molecule is COc1cncc(/C=C/C(=O)Nc2cc(F)ccc2NC(C)C)c1. The summed E-state index contributed by atoms with van der Waals surface area (Å²) >= 11 is 0. The number of nitrogens with zero attached hydrogens (tertiary/aromatic N) is 1. The Morgan fingerprint density at radius 3 is 2.75 bits per heavy atom. The van der Waals surface area contributed by atoms with Crippen LogP contribution in [0.15, 0.2) is 42.7 Å². The van der Waals surface area contributed by atoms with Crippen molar-refractivity contribution in [2.45, 2.75) is 19.9 Å². The summed E-state index contributed by atoms with van der Waals surface area (Å²) in [6.07, 6.45) is 6.16. The third-order valence-corrected chi connectivity index (χ3v) is 3.08. The Kier molecular flexibility index (Phi) is 5.89. The Morgan fingerprint density at radius 1 is 1.25 bits per heavy atom. The number of carbonyl (C=O) groups is 1. The number of pyridine rings is 1. The van der Waals surface area contributed by atoms with Crippen molar-refractivity contribution in [1.82, 2.24) is 4.98 Å². The van der Waals surface area contributed by atoms with Crippen LogP contribution in [0.1, 0.15) is 19.4 Å². The molecule has 0 saturated carbocycles. The van der Waals surface area contributed by atoms with Gasteiger partial charge in [-0.2, -0.15) is 0 Å². The van der Waals surface area contributed by atoms with Crippen molar-refractivity contribution in [3.05, 3.63) is 54.1 Å². The van der Waals surface area contributed by atoms with Gasteiger partial charge >= 0.3 is 0 Å². The van der Waals surface area contributed by atoms with Crippen molar-refractivity contribution in [1.29, 1.82) is 0 Å². The summed E-state index contributed by atoms with van der Waals surface area (Å²) in [5.41, 5.74) is 1.78. The van der Waals surface area contributed by atoms with E-state index in [1.807, 2.05) is 13.8 Å². The molecule has 2 N–H and O–H groups in total. The standard InChI is InChI=1S/C18H20FN3O2/c1-12(2)21-16-6-5-14(19)9-17(16)22-18(23)7-4-13-8-15(24-3)11-20-10-13/h4-12,21H,1-3H3,(H,22,23)/b7-4+. The van der Waals surface area contributed by atoms with Crippen molar-refractivity contribution in [3.8, 4) is 5.75 Å². The first-order chi connectivity index (χ1) is 11.5. The molecule has 1 heterocycles. The van der Waals surface area contributed by atoms with Gasteiger partial charge in [-0.3, -0.25) is 9.78 Å². The fourth-order valence-electron chi connectivity index (χ4n) is 2.04. The maximum Gasteiger partial charge on any atom is 0.248 e. The molecule has 0 aliphatic carbocycles. The Morgan fingerprint density at radius 2 is 2.04 bits per heavy atom. The summed E-state index contributed by atoms with van der Waals surface area (Å²) in [4.78, 5) is 16.1. The van der Waals surface area contributed by atoms with Gasteiger partial charge in [0.2, 0.25) is 5.91 Å². The molecule has 0 radical (unpaired) electrons. The van der Waals surface area contributed by atoms with Crippen LogP contribution in [-0.2, 0) is 4.79 Å². The zero-order chi connectivity index (χ0) is 17.5. The fourth-order valence-corrected chi connectivity index (χ4v) is 2.04. The van der Waals surface area contributed by atoms with Gasteiger partial charge in [-0.15, -0.1) is 0 Å². The minimum atomic E-state index is -0.416. The summed E-state index contributed by atoms with van der Waals surface area (Å²) < 4.78 is 18.5. The lowest BCUT2D eigenvalue weighted by atomic mass is 10.2. The molecule has 2 rings (SSSR count). The number of halogens is 1. The number of nitrogens with one attached hydrogen (secondary N) is 2. The van der Waals surface area contributed by atoms with Gasteiger partial charge in [0.15, 0.2) is 0 Å². The number of rotatable bonds is 6. The first-order valence-corrected chi connectivity index (χ1v) is 7.52. The summed E-state index contributed by atoms with van der Waals surface area (Å²) in [5, 5.41) is 5.84. The topological polar surface area (TPSA) is 63.2 Å². The van der Waals surface area contributed by atoms with E-state index in [0.29, 0.717) is 17.1 Å². The number of hydrogen-bond donors (Lipinski definition) is 2. The van der Waals surface area contributed by atoms with Crippen LogP contribution in [0.25, 0.3) is 6.08 Å². The van der Waals surface area contributed by atoms with Gasteiger partial charge in [-0.05, 0) is 49.8 Å². The minimum Gasteiger partial charge on any atom is -0.495 e. The summed E-state index contributed by atoms with van der Waals surface area (Å²) in [6, 6.07) is 6.14. The van der Waals surface area contributed by atoms with E-state index in [4.69, 9.17) is 4.74 Å². The maximum atomic E-state index is 13.4. The molecule has 24 heavy (non-hydrogen) atoms. The number of anilines is 2. The highest BCUT2D eigenvalue weighted by molar-refractivity contribution is 6.03. The molecule has 1 amide bonds. The highest BCUT2D eigenvalue weighted by Gasteiger charge is 2.07. The molecule has 1 aromatic heterocycles. The van der Waals surface area contributed by atoms with Crippen LogP contribution >= 0.6 is 0 Å². The third kappa shape index (κ3) is 5.08. The summed E-state index contributed by atoms with van der Waals surface area (Å²) in [7, 11) is 1.55. The van der Waals surface area contributed by atoms with Crippen LogP contribution < -0.4 is 15.4 Å². The van der Waals surface area contributed by atoms with E-state index < -0.39 is 5.82 Å². The summed E-state index contributed by atoms with van der Waals surface area (Å²) in [5.74, 6) is -0.179. The Balaban J connectivity index is 2.11. The van der Waals surface area contributed by atoms with Crippen LogP contribution in [0.5, 0.6) is 5.75 Å². The zero-order valence-electron chi connectivity index (χ0n) is 13.8. The molecule has 5 nitrogen and oxygen atoms in total. The van der Waals surface area contributed by atoms with Crippen molar-refractivity contribution in [2.75, 3.05) is 17.7 Å². The van der Waals surface area contributed by atoms with E-state index in [2.05, 4.69) is 15.6 Å². The van der Waals surface area contributed by atoms with E-state index >= 15 is 0 Å². The normalized spacial score (nSPS) is 10.9. The Hall–Kier alpha value is -2.89. The van der Waals surface area contributed by atoms with Crippen LogP contribution in [0.2, 0.25) is 0 Å². The molecule has 1 aromatic carbocycles. The Bertz CT molecular complexity index is 745. The van der Waals surface area contributed by atoms with Crippen LogP contribution in [0, 0.1) is 5.82 Å². The average Bonchev–Trinajstić information content (AvgIpc) is 2.55. The summed E-state index contributed by atoms with van der Waals surface area (Å²) in [6.45, 7) is 3.93. The molecule has 0 fully saturated rings. The first kappa shape index (κ1) is 17.5. The monoisotopic (exact) mass is 329 g/mol. The molecule has 0 spiro atoms. The van der Waals surface area contributed by atoms with Gasteiger partial charge in [0, 0.05) is 18.3 Å². The van der Waals surface area contributed by atoms with Crippen molar-refractivity contribution >= 4 is 23.4 Å². The van der Waals surface area contributed by atoms with Gasteiger partial charge in [-0.1, -0.05) is 0 Å². The second kappa shape index (κ2) is 8.10. The van der Waals surface area contributed by atoms with Crippen molar-refractivity contribution in [3.63, 3.8) is 0 Å². The lowest BCUT2D eigenvalue weighted by molar-refractivity contribution is -0.111. The average molecular weight is 329 g/mol. The number of carbonyl (C=O) groups excluding carboxylic acids is 1. The Labute approximate surface area is 140 Å². The fraction of sp³-hybridized carbons (Fsp3) is 0.222. The lowest BCUT2D eigenvalue weighted by Gasteiger charge is -2.15. The predicted molar refractivity (Wildman–Crippen MR) is 93.6 cm³/mol. The molecule has 0 bridgehead atoms. The van der Waals surface area contributed by atoms with Crippen molar-refractivity contribution in [2.24, 2.45) is 0 Å². The van der Waals surface area contributed by atoms with E-state index in [-0.39, 0.29) is 11.9 Å². The first-order valence-electron chi connectivity index (χ1n) is 7.52. The second-order valence-corrected chi connectivity index (χ2v) is 5.47. The molecule has 6 heteroatoms. The highest BCUT2D eigenvalue weighted by Crippen LogP contribution is 2.23. The van der Waals surface area contributed by atoms with E-state index in [1.54, 1.807) is 37.7 Å². The van der Waals surface area contributed by atoms with E-state index in [1.165, 1.54) is 18.2 Å². The largest absolute Gasteiger partial charge is 0.495 e. The van der Waals surface area contributed by atoms with Gasteiger partial charge in [0.05, 0.1) is 24.7 Å². The molecule has 0 atom stereocenters. The molecule has 0 aliphatic rings. The maximum absolute atomic E-state index is 13.4. The van der Waals surface area contributed by atoms with Gasteiger partial charge in [0.25, 0.3) is 0 Å². The molecule has 0 unspecified atom stereocenters. The smallest absolute Gasteiger partial charge is 0.248 e. The number of benzene rings is 1. The number of ether oxygens (including phenoxy) is 1. The van der Waals surface area contributed by atoms with Crippen molar-refractivity contribution < 1.29 is 13.9 Å². The minimum absolute atomic E-state index is 0.157. The van der Waals surface area contributed by atoms with Gasteiger partial charge in [-0.25, -0.2) is 4.39 Å². The zero-order valence-corrected chi connectivity index (χ0v) is 13.8. The molecule has 0 aliphatic heterocycles. The number of aromatic nitrogens is 1. The second-order valence-electron chi connectivity index (χ2n) is 5.47. The molecule has 126 valence electrons. The number of amides is 1.